The Morgan fingerprint density at radius 1 is 1.04 bits per heavy atom. The zero-order valence-electron chi connectivity index (χ0n) is 18.6. The number of hydrogen-bond acceptors (Lipinski definition) is 3. The number of aryl methyl sites for hydroxylation is 2. The zero-order chi connectivity index (χ0) is 20.7. The molecule has 0 aliphatic carbocycles. The van der Waals surface area contributed by atoms with Crippen LogP contribution in [0.15, 0.2) is 36.4 Å². The van der Waals surface area contributed by atoms with Crippen LogP contribution in [0.2, 0.25) is 0 Å². The number of ether oxygens (including phenoxy) is 2. The fourth-order valence-electron chi connectivity index (χ4n) is 3.70. The van der Waals surface area contributed by atoms with Crippen molar-refractivity contribution in [1.29, 1.82) is 0 Å². The van der Waals surface area contributed by atoms with E-state index >= 15 is 0 Å². The molecule has 0 radical (unpaired) electrons. The second-order valence-electron chi connectivity index (χ2n) is 8.16. The van der Waals surface area contributed by atoms with Crippen LogP contribution in [0.4, 0.5) is 0 Å². The molecule has 0 aromatic heterocycles. The van der Waals surface area contributed by atoms with E-state index in [0.717, 1.165) is 25.1 Å². The summed E-state index contributed by atoms with van der Waals surface area (Å²) in [6.07, 6.45) is 2.25. The molecule has 2 unspecified atom stereocenters. The highest BCUT2D eigenvalue weighted by Crippen LogP contribution is 2.48. The molecule has 2 rings (SSSR count). The third-order valence-electron chi connectivity index (χ3n) is 4.97. The highest BCUT2D eigenvalue weighted by Gasteiger charge is 2.30. The lowest BCUT2D eigenvalue weighted by atomic mass is 9.93. The Morgan fingerprint density at radius 2 is 1.71 bits per heavy atom. The van der Waals surface area contributed by atoms with E-state index in [1.165, 1.54) is 27.6 Å². The highest BCUT2D eigenvalue weighted by atomic mass is 31.1. The Kier molecular flexibility index (Phi) is 8.49. The third-order valence-corrected chi connectivity index (χ3v) is 6.80. The predicted octanol–water partition coefficient (Wildman–Crippen LogP) is 5.37. The number of benzene rings is 2. The van der Waals surface area contributed by atoms with Gasteiger partial charge in [0.1, 0.15) is 5.75 Å². The van der Waals surface area contributed by atoms with Crippen LogP contribution in [-0.4, -0.2) is 32.9 Å². The number of nitrogens with zero attached hydrogens (tertiary/aromatic N) is 1. The van der Waals surface area contributed by atoms with E-state index in [1.54, 1.807) is 7.11 Å². The molecule has 0 heterocycles. The molecule has 0 saturated heterocycles. The minimum atomic E-state index is 0.0279. The smallest absolute Gasteiger partial charge is 0.188 e. The fourth-order valence-corrected chi connectivity index (χ4v) is 5.48. The second kappa shape index (κ2) is 10.4. The SMILES string of the molecule is CCCC(C)(Pc1ccc(C)cc1CN(C)C)c1cc(C)ccc1OCOC. The summed E-state index contributed by atoms with van der Waals surface area (Å²) in [5.74, 6) is 0.942. The molecule has 0 aliphatic heterocycles. The molecule has 0 N–H and O–H groups in total. The van der Waals surface area contributed by atoms with E-state index in [0.29, 0.717) is 8.58 Å². The Balaban J connectivity index is 2.49. The zero-order valence-corrected chi connectivity index (χ0v) is 19.6. The largest absolute Gasteiger partial charge is 0.467 e. The minimum Gasteiger partial charge on any atom is -0.467 e. The average Bonchev–Trinajstić information content (AvgIpc) is 2.63. The molecular formula is C24H36NO2P. The molecule has 0 amide bonds. The van der Waals surface area contributed by atoms with Gasteiger partial charge in [-0.15, -0.1) is 0 Å². The first-order chi connectivity index (χ1) is 13.3. The normalized spacial score (nSPS) is 14.0. The summed E-state index contributed by atoms with van der Waals surface area (Å²) < 4.78 is 11.1. The standard InChI is InChI=1S/C24H36NO2P/c1-8-13-24(4,21-15-19(3)9-11-22(21)27-17-26-7)28-23-12-10-18(2)14-20(23)16-25(5)6/h9-12,14-15,28H,8,13,16-17H2,1-7H3. The Bertz CT molecular complexity index is 775. The maximum Gasteiger partial charge on any atom is 0.188 e. The maximum atomic E-state index is 5.96. The monoisotopic (exact) mass is 401 g/mol. The van der Waals surface area contributed by atoms with Gasteiger partial charge in [-0.2, -0.15) is 0 Å². The minimum absolute atomic E-state index is 0.0279. The van der Waals surface area contributed by atoms with Crippen LogP contribution in [0, 0.1) is 13.8 Å². The molecule has 0 aliphatic rings. The van der Waals surface area contributed by atoms with Gasteiger partial charge in [0.05, 0.1) is 0 Å². The summed E-state index contributed by atoms with van der Waals surface area (Å²) in [5, 5.41) is 1.48. The number of methoxy groups -OCH3 is 1. The van der Waals surface area contributed by atoms with E-state index in [-0.39, 0.29) is 11.9 Å². The van der Waals surface area contributed by atoms with Gasteiger partial charge in [-0.3, -0.25) is 0 Å². The third kappa shape index (κ3) is 6.04. The molecule has 2 atom stereocenters. The first kappa shape index (κ1) is 22.9. The van der Waals surface area contributed by atoms with Crippen LogP contribution in [-0.2, 0) is 16.4 Å². The van der Waals surface area contributed by atoms with Crippen LogP contribution >= 0.6 is 8.58 Å². The van der Waals surface area contributed by atoms with Crippen molar-refractivity contribution < 1.29 is 9.47 Å². The molecule has 154 valence electrons. The van der Waals surface area contributed by atoms with Crippen molar-refractivity contribution >= 4 is 13.9 Å². The topological polar surface area (TPSA) is 21.7 Å². The highest BCUT2D eigenvalue weighted by molar-refractivity contribution is 7.48. The van der Waals surface area contributed by atoms with Crippen LogP contribution < -0.4 is 10.0 Å². The van der Waals surface area contributed by atoms with Gasteiger partial charge in [0.15, 0.2) is 6.79 Å². The first-order valence-corrected chi connectivity index (χ1v) is 11.0. The van der Waals surface area contributed by atoms with Gasteiger partial charge in [-0.1, -0.05) is 70.3 Å². The molecule has 0 spiro atoms. The van der Waals surface area contributed by atoms with E-state index in [4.69, 9.17) is 9.47 Å². The van der Waals surface area contributed by atoms with Crippen molar-refractivity contribution in [3.8, 4) is 5.75 Å². The molecule has 3 nitrogen and oxygen atoms in total. The Hall–Kier alpha value is -1.41. The van der Waals surface area contributed by atoms with Gasteiger partial charge in [0, 0.05) is 24.4 Å². The fraction of sp³-hybridized carbons (Fsp3) is 0.500. The first-order valence-electron chi connectivity index (χ1n) is 10.0. The number of hydrogen-bond donors (Lipinski definition) is 0. The molecular weight excluding hydrogens is 365 g/mol. The van der Waals surface area contributed by atoms with Crippen molar-refractivity contribution in [2.45, 2.75) is 52.2 Å². The van der Waals surface area contributed by atoms with Crippen LogP contribution in [0.5, 0.6) is 5.75 Å². The Labute approximate surface area is 173 Å². The van der Waals surface area contributed by atoms with Gasteiger partial charge in [0.2, 0.25) is 0 Å². The molecule has 2 aromatic rings. The molecule has 4 heteroatoms. The quantitative estimate of drug-likeness (QED) is 0.395. The van der Waals surface area contributed by atoms with E-state index in [2.05, 4.69) is 83.1 Å². The molecule has 2 aromatic carbocycles. The molecule has 0 bridgehead atoms. The predicted molar refractivity (Wildman–Crippen MR) is 122 cm³/mol. The van der Waals surface area contributed by atoms with Gasteiger partial charge in [0.25, 0.3) is 0 Å². The van der Waals surface area contributed by atoms with Crippen molar-refractivity contribution in [2.75, 3.05) is 28.0 Å². The lowest BCUT2D eigenvalue weighted by Crippen LogP contribution is -2.24. The lowest BCUT2D eigenvalue weighted by Gasteiger charge is -2.33. The van der Waals surface area contributed by atoms with Crippen LogP contribution in [0.1, 0.15) is 48.9 Å². The Morgan fingerprint density at radius 3 is 2.36 bits per heavy atom. The summed E-state index contributed by atoms with van der Waals surface area (Å²) in [6, 6.07) is 13.4. The van der Waals surface area contributed by atoms with E-state index in [1.807, 2.05) is 0 Å². The van der Waals surface area contributed by atoms with Crippen molar-refractivity contribution in [3.05, 3.63) is 58.7 Å². The molecule has 28 heavy (non-hydrogen) atoms. The van der Waals surface area contributed by atoms with Crippen molar-refractivity contribution in [2.24, 2.45) is 0 Å². The van der Waals surface area contributed by atoms with Crippen LogP contribution in [0.3, 0.4) is 0 Å². The van der Waals surface area contributed by atoms with Gasteiger partial charge in [-0.25, -0.2) is 0 Å². The van der Waals surface area contributed by atoms with Gasteiger partial charge < -0.3 is 14.4 Å². The van der Waals surface area contributed by atoms with E-state index in [9.17, 15) is 0 Å². The average molecular weight is 402 g/mol. The van der Waals surface area contributed by atoms with Crippen molar-refractivity contribution in [3.63, 3.8) is 0 Å². The summed E-state index contributed by atoms with van der Waals surface area (Å²) in [6.45, 7) is 10.2. The summed E-state index contributed by atoms with van der Waals surface area (Å²) in [7, 11) is 6.62. The molecule has 0 saturated carbocycles. The second-order valence-corrected chi connectivity index (χ2v) is 10.0. The van der Waals surface area contributed by atoms with E-state index < -0.39 is 0 Å². The summed E-state index contributed by atoms with van der Waals surface area (Å²) >= 11 is 0. The lowest BCUT2D eigenvalue weighted by molar-refractivity contribution is 0.0500. The van der Waals surface area contributed by atoms with Gasteiger partial charge in [-0.05, 0) is 51.3 Å². The maximum absolute atomic E-state index is 5.96. The van der Waals surface area contributed by atoms with Crippen molar-refractivity contribution in [1.82, 2.24) is 4.90 Å². The summed E-state index contributed by atoms with van der Waals surface area (Å²) in [5.41, 5.74) is 5.31. The summed E-state index contributed by atoms with van der Waals surface area (Å²) in [4.78, 5) is 2.25. The van der Waals surface area contributed by atoms with Crippen LogP contribution in [0.25, 0.3) is 0 Å². The molecule has 0 fully saturated rings. The van der Waals surface area contributed by atoms with Gasteiger partial charge >= 0.3 is 0 Å². The number of rotatable bonds is 10.